The number of carbonyl (C=O) groups excluding carboxylic acids is 2. The fourth-order valence-electron chi connectivity index (χ4n) is 2.68. The number of amides is 1. The molecule has 2 aromatic rings. The quantitative estimate of drug-likeness (QED) is 0.482. The number of nitrogens with one attached hydrogen (secondary N) is 1. The van der Waals surface area contributed by atoms with Crippen LogP contribution in [0, 0.1) is 0 Å². The third kappa shape index (κ3) is 4.24. The molecule has 1 N–H and O–H groups in total. The van der Waals surface area contributed by atoms with Crippen molar-refractivity contribution in [3.63, 3.8) is 0 Å². The topological polar surface area (TPSA) is 81.2 Å². The van der Waals surface area contributed by atoms with Crippen LogP contribution in [0.2, 0.25) is 0 Å². The minimum Gasteiger partial charge on any atom is -0.452 e. The molecule has 8 heteroatoms. The van der Waals surface area contributed by atoms with E-state index >= 15 is 0 Å². The first kappa shape index (κ1) is 17.2. The monoisotopic (exact) mass is 365 g/mol. The molecule has 0 radical (unpaired) electrons. The van der Waals surface area contributed by atoms with Crippen LogP contribution in [0.4, 0.5) is 0 Å². The highest BCUT2D eigenvalue weighted by Gasteiger charge is 2.23. The van der Waals surface area contributed by atoms with Crippen molar-refractivity contribution in [1.82, 2.24) is 15.3 Å². The zero-order valence-electron chi connectivity index (χ0n) is 13.4. The van der Waals surface area contributed by atoms with E-state index in [0.717, 1.165) is 40.9 Å². The summed E-state index contributed by atoms with van der Waals surface area (Å²) in [5.41, 5.74) is 0. The Bertz CT molecular complexity index is 728. The lowest BCUT2D eigenvalue weighted by Gasteiger charge is -2.17. The van der Waals surface area contributed by atoms with Crippen LogP contribution in [0.5, 0.6) is 0 Å². The van der Waals surface area contributed by atoms with Crippen molar-refractivity contribution in [3.05, 3.63) is 17.8 Å². The molecule has 1 fully saturated rings. The van der Waals surface area contributed by atoms with Gasteiger partial charge in [-0.15, -0.1) is 11.3 Å². The number of hydrogen-bond acceptors (Lipinski definition) is 7. The van der Waals surface area contributed by atoms with Crippen molar-refractivity contribution in [2.45, 2.75) is 49.8 Å². The van der Waals surface area contributed by atoms with Crippen molar-refractivity contribution < 1.29 is 14.3 Å². The van der Waals surface area contributed by atoms with Gasteiger partial charge in [0.2, 0.25) is 0 Å². The Morgan fingerprint density at radius 1 is 1.42 bits per heavy atom. The second kappa shape index (κ2) is 7.94. The summed E-state index contributed by atoms with van der Waals surface area (Å²) in [7, 11) is 0. The molecule has 2 heterocycles. The van der Waals surface area contributed by atoms with E-state index in [1.165, 1.54) is 29.4 Å². The van der Waals surface area contributed by atoms with Gasteiger partial charge in [0.15, 0.2) is 6.10 Å². The maximum atomic E-state index is 12.0. The highest BCUT2D eigenvalue weighted by Crippen LogP contribution is 2.27. The highest BCUT2D eigenvalue weighted by atomic mass is 32.2. The summed E-state index contributed by atoms with van der Waals surface area (Å²) < 4.78 is 5.23. The molecule has 24 heavy (non-hydrogen) atoms. The van der Waals surface area contributed by atoms with Gasteiger partial charge in [-0.2, -0.15) is 0 Å². The number of thioether (sulfide) groups is 1. The highest BCUT2D eigenvalue weighted by molar-refractivity contribution is 8.00. The Hall–Kier alpha value is -1.67. The van der Waals surface area contributed by atoms with Gasteiger partial charge in [0.05, 0.1) is 5.75 Å². The molecule has 3 rings (SSSR count). The summed E-state index contributed by atoms with van der Waals surface area (Å²) in [4.78, 5) is 33.3. The Kier molecular flexibility index (Phi) is 5.68. The molecule has 0 saturated heterocycles. The molecule has 6 nitrogen and oxygen atoms in total. The molecule has 0 aromatic carbocycles. The SMILES string of the molecule is C[C@@H](OC(=O)CSc1ncnc2sccc12)C(=O)NC1CCCC1. The Balaban J connectivity index is 1.48. The Morgan fingerprint density at radius 2 is 2.21 bits per heavy atom. The molecule has 1 atom stereocenters. The van der Waals surface area contributed by atoms with Gasteiger partial charge in [-0.1, -0.05) is 24.6 Å². The maximum Gasteiger partial charge on any atom is 0.317 e. The number of esters is 1. The number of thiophene rings is 1. The number of aromatic nitrogens is 2. The Labute approximate surface area is 148 Å². The molecule has 0 unspecified atom stereocenters. The van der Waals surface area contributed by atoms with E-state index in [-0.39, 0.29) is 17.7 Å². The molecule has 1 saturated carbocycles. The molecule has 1 aliphatic carbocycles. The van der Waals surface area contributed by atoms with Crippen LogP contribution in [0.15, 0.2) is 22.8 Å². The molecule has 0 bridgehead atoms. The van der Waals surface area contributed by atoms with Crippen LogP contribution < -0.4 is 5.32 Å². The van der Waals surface area contributed by atoms with Gasteiger partial charge in [0.1, 0.15) is 16.2 Å². The molecular formula is C16H19N3O3S2. The lowest BCUT2D eigenvalue weighted by molar-refractivity contribution is -0.152. The van der Waals surface area contributed by atoms with E-state index in [9.17, 15) is 9.59 Å². The fraction of sp³-hybridized carbons (Fsp3) is 0.500. The molecule has 0 aliphatic heterocycles. The summed E-state index contributed by atoms with van der Waals surface area (Å²) in [5, 5.41) is 6.57. The van der Waals surface area contributed by atoms with Crippen LogP contribution in [0.3, 0.4) is 0 Å². The number of nitrogens with zero attached hydrogens (tertiary/aromatic N) is 2. The first-order chi connectivity index (χ1) is 11.6. The second-order valence-corrected chi connectivity index (χ2v) is 7.59. The first-order valence-corrected chi connectivity index (χ1v) is 9.81. The number of carbonyl (C=O) groups is 2. The van der Waals surface area contributed by atoms with Crippen LogP contribution in [0.1, 0.15) is 32.6 Å². The van der Waals surface area contributed by atoms with E-state index in [0.29, 0.717) is 0 Å². The van der Waals surface area contributed by atoms with Gasteiger partial charge in [0.25, 0.3) is 5.91 Å². The molecule has 0 spiro atoms. The standard InChI is InChI=1S/C16H19N3O3S2/c1-10(14(21)19-11-4-2-3-5-11)22-13(20)8-24-16-12-6-7-23-15(12)17-9-18-16/h6-7,9-11H,2-5,8H2,1H3,(H,19,21)/t10-/m1/s1. The number of ether oxygens (including phenoxy) is 1. The largest absolute Gasteiger partial charge is 0.452 e. The first-order valence-electron chi connectivity index (χ1n) is 7.94. The van der Waals surface area contributed by atoms with Crippen LogP contribution in [-0.2, 0) is 14.3 Å². The van der Waals surface area contributed by atoms with Gasteiger partial charge in [-0.25, -0.2) is 9.97 Å². The lowest BCUT2D eigenvalue weighted by Crippen LogP contribution is -2.41. The smallest absolute Gasteiger partial charge is 0.317 e. The van der Waals surface area contributed by atoms with Crippen LogP contribution in [-0.4, -0.2) is 39.7 Å². The molecular weight excluding hydrogens is 346 g/mol. The van der Waals surface area contributed by atoms with Gasteiger partial charge in [0, 0.05) is 11.4 Å². The summed E-state index contributed by atoms with van der Waals surface area (Å²) in [6.07, 6.45) is 5.02. The molecule has 2 aromatic heterocycles. The predicted molar refractivity (Wildman–Crippen MR) is 94.1 cm³/mol. The zero-order chi connectivity index (χ0) is 16.9. The maximum absolute atomic E-state index is 12.0. The third-order valence-electron chi connectivity index (χ3n) is 3.93. The zero-order valence-corrected chi connectivity index (χ0v) is 15.0. The van der Waals surface area contributed by atoms with Crippen LogP contribution >= 0.6 is 23.1 Å². The second-order valence-electron chi connectivity index (χ2n) is 5.73. The van der Waals surface area contributed by atoms with Crippen molar-refractivity contribution >= 4 is 45.2 Å². The minimum absolute atomic E-state index is 0.114. The van der Waals surface area contributed by atoms with Gasteiger partial charge in [-0.3, -0.25) is 9.59 Å². The molecule has 1 amide bonds. The van der Waals surface area contributed by atoms with Gasteiger partial charge in [-0.05, 0) is 31.2 Å². The van der Waals surface area contributed by atoms with E-state index in [4.69, 9.17) is 4.74 Å². The van der Waals surface area contributed by atoms with Gasteiger partial charge < -0.3 is 10.1 Å². The summed E-state index contributed by atoms with van der Waals surface area (Å²) in [6, 6.07) is 2.16. The molecule has 128 valence electrons. The third-order valence-corrected chi connectivity index (χ3v) is 5.73. The predicted octanol–water partition coefficient (Wildman–Crippen LogP) is 2.77. The van der Waals surface area contributed by atoms with E-state index < -0.39 is 12.1 Å². The van der Waals surface area contributed by atoms with Crippen molar-refractivity contribution in [1.29, 1.82) is 0 Å². The van der Waals surface area contributed by atoms with Crippen molar-refractivity contribution in [3.8, 4) is 0 Å². The van der Waals surface area contributed by atoms with E-state index in [1.807, 2.05) is 11.4 Å². The number of hydrogen-bond donors (Lipinski definition) is 1. The van der Waals surface area contributed by atoms with Gasteiger partial charge >= 0.3 is 5.97 Å². The van der Waals surface area contributed by atoms with Crippen LogP contribution in [0.25, 0.3) is 10.2 Å². The number of fused-ring (bicyclic) bond motifs is 1. The fourth-order valence-corrected chi connectivity index (χ4v) is 4.24. The summed E-state index contributed by atoms with van der Waals surface area (Å²) in [6.45, 7) is 1.61. The Morgan fingerprint density at radius 3 is 3.00 bits per heavy atom. The molecule has 1 aliphatic rings. The minimum atomic E-state index is -0.773. The lowest BCUT2D eigenvalue weighted by atomic mass is 10.2. The normalized spacial score (nSPS) is 16.2. The average molecular weight is 365 g/mol. The average Bonchev–Trinajstić information content (AvgIpc) is 3.23. The van der Waals surface area contributed by atoms with E-state index in [2.05, 4.69) is 15.3 Å². The van der Waals surface area contributed by atoms with E-state index in [1.54, 1.807) is 6.92 Å². The summed E-state index contributed by atoms with van der Waals surface area (Å²) in [5.74, 6) is -0.526. The van der Waals surface area contributed by atoms with Crippen molar-refractivity contribution in [2.24, 2.45) is 0 Å². The van der Waals surface area contributed by atoms with Crippen molar-refractivity contribution in [2.75, 3.05) is 5.75 Å². The summed E-state index contributed by atoms with van der Waals surface area (Å²) >= 11 is 2.83. The number of rotatable bonds is 6.